The minimum atomic E-state index is -5.08. The van der Waals surface area contributed by atoms with E-state index in [-0.39, 0.29) is 17.6 Å². The van der Waals surface area contributed by atoms with Crippen LogP contribution < -0.4 is 4.90 Å². The highest BCUT2D eigenvalue weighted by Gasteiger charge is 2.52. The van der Waals surface area contributed by atoms with E-state index in [9.17, 15) is 18.0 Å². The number of amides is 1. The van der Waals surface area contributed by atoms with Crippen LogP contribution in [0.1, 0.15) is 12.8 Å². The largest absolute Gasteiger partial charge is 0.490 e. The van der Waals surface area contributed by atoms with E-state index in [1.54, 1.807) is 17.3 Å². The summed E-state index contributed by atoms with van der Waals surface area (Å²) in [5.41, 5.74) is -0.183. The Balaban J connectivity index is 0.000000339. The molecule has 31 heavy (non-hydrogen) atoms. The second-order valence-electron chi connectivity index (χ2n) is 8.32. The second kappa shape index (κ2) is 8.95. The first-order valence-electron chi connectivity index (χ1n) is 9.92. The highest BCUT2D eigenvalue weighted by molar-refractivity contribution is 5.81. The molecule has 1 saturated carbocycles. The van der Waals surface area contributed by atoms with Crippen molar-refractivity contribution in [1.82, 2.24) is 19.8 Å². The third-order valence-corrected chi connectivity index (χ3v) is 5.43. The number of aliphatic carboxylic acids is 1. The van der Waals surface area contributed by atoms with Crippen LogP contribution in [0.15, 0.2) is 18.5 Å². The average molecular weight is 445 g/mol. The molecule has 3 aliphatic rings. The fourth-order valence-electron chi connectivity index (χ4n) is 3.67. The number of likely N-dealkylation sites (N-methyl/N-ethyl adjacent to an activating group) is 1. The summed E-state index contributed by atoms with van der Waals surface area (Å²) in [7, 11) is 3.64. The number of morpholine rings is 1. The molecule has 3 heterocycles. The number of hydrogen-bond acceptors (Lipinski definition) is 7. The van der Waals surface area contributed by atoms with Gasteiger partial charge in [0.2, 0.25) is 11.9 Å². The van der Waals surface area contributed by atoms with Crippen LogP contribution in [0.2, 0.25) is 0 Å². The number of anilines is 1. The van der Waals surface area contributed by atoms with E-state index in [0.29, 0.717) is 6.61 Å². The van der Waals surface area contributed by atoms with Gasteiger partial charge in [0, 0.05) is 39.6 Å². The van der Waals surface area contributed by atoms with E-state index < -0.39 is 12.1 Å². The number of carboxylic acid groups (broad SMARTS) is 1. The Bertz CT molecular complexity index is 782. The molecule has 9 nitrogen and oxygen atoms in total. The molecule has 1 aliphatic carbocycles. The van der Waals surface area contributed by atoms with Crippen LogP contribution >= 0.6 is 0 Å². The molecule has 2 aliphatic heterocycles. The Morgan fingerprint density at radius 2 is 1.81 bits per heavy atom. The zero-order valence-electron chi connectivity index (χ0n) is 17.4. The monoisotopic (exact) mass is 445 g/mol. The van der Waals surface area contributed by atoms with Gasteiger partial charge in [-0.2, -0.15) is 13.2 Å². The summed E-state index contributed by atoms with van der Waals surface area (Å²) in [6, 6.07) is 1.68. The van der Waals surface area contributed by atoms with Gasteiger partial charge in [0.25, 0.3) is 0 Å². The Morgan fingerprint density at radius 1 is 1.23 bits per heavy atom. The van der Waals surface area contributed by atoms with Gasteiger partial charge >= 0.3 is 12.1 Å². The summed E-state index contributed by atoms with van der Waals surface area (Å²) >= 11 is 0. The maximum absolute atomic E-state index is 12.5. The van der Waals surface area contributed by atoms with Crippen LogP contribution in [-0.4, -0.2) is 101 Å². The number of ether oxygens (including phenoxy) is 1. The van der Waals surface area contributed by atoms with Crippen LogP contribution in [0, 0.1) is 5.92 Å². The molecule has 1 spiro atoms. The van der Waals surface area contributed by atoms with Gasteiger partial charge in [0.1, 0.15) is 11.6 Å². The van der Waals surface area contributed by atoms with Gasteiger partial charge in [-0.05, 0) is 24.8 Å². The molecule has 12 heteroatoms. The Morgan fingerprint density at radius 3 is 2.29 bits per heavy atom. The average Bonchev–Trinajstić information content (AvgIpc) is 3.50. The summed E-state index contributed by atoms with van der Waals surface area (Å²) in [6.07, 6.45) is 1.02. The van der Waals surface area contributed by atoms with E-state index in [2.05, 4.69) is 19.8 Å². The molecule has 1 N–H and O–H groups in total. The third-order valence-electron chi connectivity index (χ3n) is 5.43. The molecule has 0 aromatic carbocycles. The summed E-state index contributed by atoms with van der Waals surface area (Å²) in [5, 5.41) is 7.12. The van der Waals surface area contributed by atoms with Gasteiger partial charge in [0.15, 0.2) is 0 Å². The number of alkyl halides is 3. The quantitative estimate of drug-likeness (QED) is 0.729. The zero-order chi connectivity index (χ0) is 22.8. The minimum Gasteiger partial charge on any atom is -0.475 e. The standard InChI is InChI=1S/C17H25N5O2.C2HF3O2/c1-20(2)15(23)14-9-24-17(10-21(14)8-13-4-5-13)11-22(12-17)16-18-6-3-7-19-16;3-2(4,5)1(6)7/h3,6-7,13-14H,4-5,8-12H2,1-2H3;(H,6,7). The molecule has 2 saturated heterocycles. The Labute approximate surface area is 177 Å². The topological polar surface area (TPSA) is 99.1 Å². The third kappa shape index (κ3) is 5.82. The zero-order valence-corrected chi connectivity index (χ0v) is 17.4. The van der Waals surface area contributed by atoms with Crippen molar-refractivity contribution in [1.29, 1.82) is 0 Å². The van der Waals surface area contributed by atoms with Gasteiger partial charge in [-0.15, -0.1) is 0 Å². The lowest BCUT2D eigenvalue weighted by Gasteiger charge is -2.55. The van der Waals surface area contributed by atoms with E-state index in [0.717, 1.165) is 38.0 Å². The highest BCUT2D eigenvalue weighted by atomic mass is 19.4. The fraction of sp³-hybridized carbons (Fsp3) is 0.684. The summed E-state index contributed by atoms with van der Waals surface area (Å²) in [4.78, 5) is 36.2. The van der Waals surface area contributed by atoms with E-state index in [1.165, 1.54) is 12.8 Å². The number of rotatable bonds is 4. The molecule has 0 radical (unpaired) electrons. The van der Waals surface area contributed by atoms with Gasteiger partial charge < -0.3 is 19.6 Å². The fourth-order valence-corrected chi connectivity index (χ4v) is 3.67. The van der Waals surface area contributed by atoms with Crippen LogP contribution in [0.25, 0.3) is 0 Å². The molecule has 172 valence electrons. The summed E-state index contributed by atoms with van der Waals surface area (Å²) < 4.78 is 37.9. The SMILES string of the molecule is CN(C)C(=O)C1COC2(CN(c3ncccn3)C2)CN1CC1CC1.O=C(O)C(F)(F)F. The summed E-state index contributed by atoms with van der Waals surface area (Å²) in [5.74, 6) is -1.10. The lowest BCUT2D eigenvalue weighted by atomic mass is 9.90. The van der Waals surface area contributed by atoms with Crippen molar-refractivity contribution < 1.29 is 32.6 Å². The lowest BCUT2D eigenvalue weighted by Crippen LogP contribution is -2.73. The van der Waals surface area contributed by atoms with Gasteiger partial charge in [-0.25, -0.2) is 14.8 Å². The molecule has 1 atom stereocenters. The normalized spacial score (nSPS) is 22.9. The van der Waals surface area contributed by atoms with E-state index in [4.69, 9.17) is 14.6 Å². The van der Waals surface area contributed by atoms with Crippen LogP contribution in [0.3, 0.4) is 0 Å². The molecule has 1 aromatic heterocycles. The number of carbonyl (C=O) groups is 2. The van der Waals surface area contributed by atoms with Crippen molar-refractivity contribution in [2.75, 3.05) is 51.8 Å². The number of carboxylic acids is 1. The van der Waals surface area contributed by atoms with Crippen molar-refractivity contribution in [3.05, 3.63) is 18.5 Å². The lowest BCUT2D eigenvalue weighted by molar-refractivity contribution is -0.192. The first kappa shape index (κ1) is 23.2. The number of carbonyl (C=O) groups excluding carboxylic acids is 1. The predicted molar refractivity (Wildman–Crippen MR) is 103 cm³/mol. The van der Waals surface area contributed by atoms with Crippen LogP contribution in [-0.2, 0) is 14.3 Å². The highest BCUT2D eigenvalue weighted by Crippen LogP contribution is 2.36. The molecule has 4 rings (SSSR count). The minimum absolute atomic E-state index is 0.145. The molecular weight excluding hydrogens is 419 g/mol. The Hall–Kier alpha value is -2.47. The second-order valence-corrected chi connectivity index (χ2v) is 8.32. The van der Waals surface area contributed by atoms with Crippen molar-refractivity contribution >= 4 is 17.8 Å². The van der Waals surface area contributed by atoms with Gasteiger partial charge in [-0.3, -0.25) is 9.69 Å². The van der Waals surface area contributed by atoms with Crippen molar-refractivity contribution in [3.63, 3.8) is 0 Å². The van der Waals surface area contributed by atoms with Crippen LogP contribution in [0.4, 0.5) is 19.1 Å². The van der Waals surface area contributed by atoms with E-state index in [1.807, 2.05) is 20.2 Å². The van der Waals surface area contributed by atoms with Crippen molar-refractivity contribution in [2.24, 2.45) is 5.92 Å². The summed E-state index contributed by atoms with van der Waals surface area (Å²) in [6.45, 7) is 3.89. The molecule has 1 unspecified atom stereocenters. The number of aromatic nitrogens is 2. The Kier molecular flexibility index (Phi) is 6.70. The molecular formula is C19H26F3N5O4. The molecule has 1 amide bonds. The number of nitrogens with zero attached hydrogens (tertiary/aromatic N) is 5. The van der Waals surface area contributed by atoms with Crippen molar-refractivity contribution in [3.8, 4) is 0 Å². The smallest absolute Gasteiger partial charge is 0.475 e. The van der Waals surface area contributed by atoms with Gasteiger partial charge in [0.05, 0.1) is 19.7 Å². The molecule has 1 aromatic rings. The van der Waals surface area contributed by atoms with Crippen molar-refractivity contribution in [2.45, 2.75) is 30.7 Å². The number of hydrogen-bond donors (Lipinski definition) is 1. The predicted octanol–water partition coefficient (Wildman–Crippen LogP) is 0.868. The maximum Gasteiger partial charge on any atom is 0.490 e. The van der Waals surface area contributed by atoms with E-state index >= 15 is 0 Å². The first-order chi connectivity index (χ1) is 14.5. The first-order valence-corrected chi connectivity index (χ1v) is 9.92. The molecule has 0 bridgehead atoms. The maximum atomic E-state index is 12.5. The van der Waals surface area contributed by atoms with Gasteiger partial charge in [-0.1, -0.05) is 0 Å². The molecule has 3 fully saturated rings. The number of halogens is 3. The van der Waals surface area contributed by atoms with Crippen LogP contribution in [0.5, 0.6) is 0 Å².